The summed E-state index contributed by atoms with van der Waals surface area (Å²) in [6.07, 6.45) is 1.63. The van der Waals surface area contributed by atoms with Crippen molar-refractivity contribution in [3.8, 4) is 0 Å². The fourth-order valence-corrected chi connectivity index (χ4v) is 2.27. The van der Waals surface area contributed by atoms with Gasteiger partial charge in [0.05, 0.1) is 11.9 Å². The number of hydrogen-bond acceptors (Lipinski definition) is 3. The maximum absolute atomic E-state index is 10.8. The van der Waals surface area contributed by atoms with E-state index in [4.69, 9.17) is 0 Å². The van der Waals surface area contributed by atoms with Crippen LogP contribution >= 0.6 is 0 Å². The van der Waals surface area contributed by atoms with E-state index in [0.717, 1.165) is 22.4 Å². The fourth-order valence-electron chi connectivity index (χ4n) is 2.27. The Kier molecular flexibility index (Phi) is 3.22. The second-order valence-corrected chi connectivity index (χ2v) is 4.88. The van der Waals surface area contributed by atoms with E-state index >= 15 is 0 Å². The van der Waals surface area contributed by atoms with Gasteiger partial charge in [0.15, 0.2) is 0 Å². The summed E-state index contributed by atoms with van der Waals surface area (Å²) in [5.41, 5.74) is 2.80. The van der Waals surface area contributed by atoms with Crippen LogP contribution in [0.4, 0.5) is 0 Å². The minimum absolute atomic E-state index is 0.691. The van der Waals surface area contributed by atoms with Gasteiger partial charge in [0, 0.05) is 6.54 Å². The van der Waals surface area contributed by atoms with E-state index < -0.39 is 5.60 Å². The molecule has 0 aliphatic carbocycles. The normalized spacial score (nSPS) is 14.5. The molecule has 0 radical (unpaired) electrons. The molecule has 0 aliphatic rings. The molecule has 1 heterocycles. The topological polar surface area (TPSA) is 50.9 Å². The van der Waals surface area contributed by atoms with Crippen molar-refractivity contribution >= 4 is 0 Å². The van der Waals surface area contributed by atoms with Crippen LogP contribution in [0, 0.1) is 13.8 Å². The van der Waals surface area contributed by atoms with Gasteiger partial charge in [0.1, 0.15) is 5.60 Å². The Morgan fingerprint density at radius 3 is 2.39 bits per heavy atom. The number of rotatable bonds is 3. The highest BCUT2D eigenvalue weighted by atomic mass is 16.3. The van der Waals surface area contributed by atoms with E-state index in [0.29, 0.717) is 6.54 Å². The van der Waals surface area contributed by atoms with Crippen molar-refractivity contribution in [2.24, 2.45) is 0 Å². The van der Waals surface area contributed by atoms with Gasteiger partial charge in [-0.1, -0.05) is 34.5 Å². The molecule has 1 atom stereocenters. The average Bonchev–Trinajstić information content (AvgIpc) is 2.76. The lowest BCUT2D eigenvalue weighted by molar-refractivity contribution is 0.0916. The van der Waals surface area contributed by atoms with Crippen LogP contribution in [0.1, 0.15) is 36.2 Å². The zero-order chi connectivity index (χ0) is 13.3. The van der Waals surface area contributed by atoms with E-state index in [-0.39, 0.29) is 0 Å². The van der Waals surface area contributed by atoms with Crippen LogP contribution in [0.3, 0.4) is 0 Å². The van der Waals surface area contributed by atoms with Crippen LogP contribution < -0.4 is 0 Å². The number of aliphatic hydroxyl groups is 1. The molecule has 2 rings (SSSR count). The molecule has 0 amide bonds. The highest BCUT2D eigenvalue weighted by molar-refractivity contribution is 5.36. The molecular weight excluding hydrogens is 226 g/mol. The van der Waals surface area contributed by atoms with Crippen LogP contribution in [-0.2, 0) is 12.1 Å². The predicted octanol–water partition coefficient (Wildman–Crippen LogP) is 2.17. The molecule has 2 aromatic rings. The lowest BCUT2D eigenvalue weighted by Crippen LogP contribution is -2.27. The number of aromatic nitrogens is 3. The Hall–Kier alpha value is -1.68. The highest BCUT2D eigenvalue weighted by Gasteiger charge is 2.30. The molecule has 4 heteroatoms. The molecule has 96 valence electrons. The van der Waals surface area contributed by atoms with Gasteiger partial charge in [0.2, 0.25) is 0 Å². The maximum Gasteiger partial charge on any atom is 0.130 e. The average molecular weight is 245 g/mol. The third kappa shape index (κ3) is 2.16. The fraction of sp³-hybridized carbons (Fsp3) is 0.429. The molecule has 1 aromatic heterocycles. The molecule has 0 saturated heterocycles. The first-order chi connectivity index (χ1) is 8.45. The largest absolute Gasteiger partial charge is 0.379 e. The molecule has 1 aromatic carbocycles. The van der Waals surface area contributed by atoms with Crippen LogP contribution in [0.2, 0.25) is 0 Å². The van der Waals surface area contributed by atoms with E-state index in [1.165, 1.54) is 0 Å². The first-order valence-corrected chi connectivity index (χ1v) is 6.15. The molecular formula is C14H19N3O. The summed E-state index contributed by atoms with van der Waals surface area (Å²) >= 11 is 0. The van der Waals surface area contributed by atoms with Crippen molar-refractivity contribution in [1.29, 1.82) is 0 Å². The molecule has 0 bridgehead atoms. The molecule has 18 heavy (non-hydrogen) atoms. The lowest BCUT2D eigenvalue weighted by Gasteiger charge is -2.25. The van der Waals surface area contributed by atoms with Crippen LogP contribution in [-0.4, -0.2) is 20.1 Å². The third-order valence-electron chi connectivity index (χ3n) is 3.20. The number of aryl methyl sites for hydroxylation is 3. The zero-order valence-corrected chi connectivity index (χ0v) is 11.3. The van der Waals surface area contributed by atoms with E-state index in [1.807, 2.05) is 32.9 Å². The highest BCUT2D eigenvalue weighted by Crippen LogP contribution is 2.29. The minimum atomic E-state index is -1.07. The van der Waals surface area contributed by atoms with E-state index in [9.17, 15) is 5.11 Å². The van der Waals surface area contributed by atoms with E-state index in [2.05, 4.69) is 16.4 Å². The van der Waals surface area contributed by atoms with Crippen molar-refractivity contribution in [2.75, 3.05) is 0 Å². The monoisotopic (exact) mass is 245 g/mol. The summed E-state index contributed by atoms with van der Waals surface area (Å²) in [5, 5.41) is 18.7. The lowest BCUT2D eigenvalue weighted by atomic mass is 9.90. The number of nitrogens with zero attached hydrogens (tertiary/aromatic N) is 3. The number of hydrogen-bond donors (Lipinski definition) is 1. The number of benzene rings is 1. The van der Waals surface area contributed by atoms with Gasteiger partial charge in [-0.05, 0) is 33.3 Å². The maximum atomic E-state index is 10.8. The standard InChI is InChI=1S/C14H19N3O/c1-5-17-13(9-15-16-17)14(4,18)12-7-10(2)6-11(3)8-12/h6-9,18H,5H2,1-4H3. The summed E-state index contributed by atoms with van der Waals surface area (Å²) in [6.45, 7) is 8.52. The summed E-state index contributed by atoms with van der Waals surface area (Å²) in [5.74, 6) is 0. The van der Waals surface area contributed by atoms with Gasteiger partial charge in [-0.25, -0.2) is 4.68 Å². The molecule has 0 saturated carbocycles. The first-order valence-electron chi connectivity index (χ1n) is 6.15. The van der Waals surface area contributed by atoms with Gasteiger partial charge in [-0.15, -0.1) is 5.10 Å². The molecule has 1 unspecified atom stereocenters. The van der Waals surface area contributed by atoms with Crippen molar-refractivity contribution < 1.29 is 5.11 Å². The molecule has 0 aliphatic heterocycles. The molecule has 1 N–H and O–H groups in total. The van der Waals surface area contributed by atoms with Gasteiger partial charge in [-0.3, -0.25) is 0 Å². The summed E-state index contributed by atoms with van der Waals surface area (Å²) in [4.78, 5) is 0. The van der Waals surface area contributed by atoms with Gasteiger partial charge >= 0.3 is 0 Å². The third-order valence-corrected chi connectivity index (χ3v) is 3.20. The molecule has 4 nitrogen and oxygen atoms in total. The first kappa shape index (κ1) is 12.8. The van der Waals surface area contributed by atoms with Crippen molar-refractivity contribution in [3.05, 3.63) is 46.8 Å². The van der Waals surface area contributed by atoms with Crippen molar-refractivity contribution in [2.45, 2.75) is 39.8 Å². The predicted molar refractivity (Wildman–Crippen MR) is 70.3 cm³/mol. The Morgan fingerprint density at radius 2 is 1.83 bits per heavy atom. The Balaban J connectivity index is 2.53. The van der Waals surface area contributed by atoms with Crippen molar-refractivity contribution in [3.63, 3.8) is 0 Å². The van der Waals surface area contributed by atoms with Crippen LogP contribution in [0.15, 0.2) is 24.4 Å². The Morgan fingerprint density at radius 1 is 1.22 bits per heavy atom. The van der Waals surface area contributed by atoms with Crippen LogP contribution in [0.25, 0.3) is 0 Å². The smallest absolute Gasteiger partial charge is 0.130 e. The Bertz CT molecular complexity index is 538. The Labute approximate surface area is 107 Å². The second kappa shape index (κ2) is 4.53. The van der Waals surface area contributed by atoms with Crippen LogP contribution in [0.5, 0.6) is 0 Å². The second-order valence-electron chi connectivity index (χ2n) is 4.88. The molecule has 0 fully saturated rings. The van der Waals surface area contributed by atoms with Crippen molar-refractivity contribution in [1.82, 2.24) is 15.0 Å². The SMILES string of the molecule is CCn1nncc1C(C)(O)c1cc(C)cc(C)c1. The molecule has 0 spiro atoms. The summed E-state index contributed by atoms with van der Waals surface area (Å²) < 4.78 is 1.72. The quantitative estimate of drug-likeness (QED) is 0.901. The summed E-state index contributed by atoms with van der Waals surface area (Å²) in [6, 6.07) is 6.09. The van der Waals surface area contributed by atoms with Gasteiger partial charge < -0.3 is 5.11 Å². The minimum Gasteiger partial charge on any atom is -0.379 e. The van der Waals surface area contributed by atoms with Gasteiger partial charge in [-0.2, -0.15) is 0 Å². The van der Waals surface area contributed by atoms with Gasteiger partial charge in [0.25, 0.3) is 0 Å². The zero-order valence-electron chi connectivity index (χ0n) is 11.3. The van der Waals surface area contributed by atoms with E-state index in [1.54, 1.807) is 17.8 Å². The summed E-state index contributed by atoms with van der Waals surface area (Å²) in [7, 11) is 0.